The first-order valence-electron chi connectivity index (χ1n) is 13.1. The fourth-order valence-corrected chi connectivity index (χ4v) is 5.91. The minimum Gasteiger partial charge on any atom is -0.484 e. The van der Waals surface area contributed by atoms with Crippen molar-refractivity contribution in [3.05, 3.63) is 70.6 Å². The van der Waals surface area contributed by atoms with Crippen molar-refractivity contribution < 1.29 is 22.7 Å². The zero-order valence-corrected chi connectivity index (χ0v) is 23.3. The van der Waals surface area contributed by atoms with Gasteiger partial charge in [0.05, 0.1) is 23.0 Å². The van der Waals surface area contributed by atoms with Crippen LogP contribution in [-0.2, 0) is 12.7 Å². The molecule has 1 amide bonds. The van der Waals surface area contributed by atoms with Crippen molar-refractivity contribution in [3.63, 3.8) is 0 Å². The first kappa shape index (κ1) is 28.1. The van der Waals surface area contributed by atoms with Crippen LogP contribution in [0.15, 0.2) is 48.9 Å². The molecule has 12 heteroatoms. The van der Waals surface area contributed by atoms with E-state index >= 15 is 0 Å². The van der Waals surface area contributed by atoms with Crippen molar-refractivity contribution in [2.75, 3.05) is 26.2 Å². The van der Waals surface area contributed by atoms with Crippen LogP contribution in [0.1, 0.15) is 53.4 Å². The molecule has 0 spiro atoms. The van der Waals surface area contributed by atoms with Crippen molar-refractivity contribution in [1.29, 1.82) is 0 Å². The van der Waals surface area contributed by atoms with E-state index in [4.69, 9.17) is 10.5 Å². The Balaban J connectivity index is 1.41. The molecule has 1 aromatic carbocycles. The molecular formula is C28H31F3N6O2S. The second-order valence-electron chi connectivity index (χ2n) is 10.2. The van der Waals surface area contributed by atoms with Crippen LogP contribution in [0.25, 0.3) is 16.0 Å². The zero-order chi connectivity index (χ0) is 28.6. The molecule has 5 rings (SSSR count). The number of amides is 1. The van der Waals surface area contributed by atoms with Gasteiger partial charge in [0.15, 0.2) is 0 Å². The first-order chi connectivity index (χ1) is 19.0. The van der Waals surface area contributed by atoms with Crippen LogP contribution in [0.5, 0.6) is 5.75 Å². The standard InChI is InChI=1S/C28H31F3N6O2S/c1-17(2)36-10-8-35(9-11-36)15-19-12-23-22(14-33-19)34-16-37(23)25-13-24(26(40-25)27(32)38)39-18(3)20-6-4-5-7-21(20)28(29,30)31/h4-7,12-14,16-18H,8-11,15H2,1-3H3,(H2,32,38)/t18-/m1/s1. The molecule has 0 aliphatic carbocycles. The molecule has 40 heavy (non-hydrogen) atoms. The Bertz CT molecular complexity index is 1510. The topological polar surface area (TPSA) is 89.5 Å². The number of pyridine rings is 1. The molecule has 8 nitrogen and oxygen atoms in total. The summed E-state index contributed by atoms with van der Waals surface area (Å²) in [6, 6.07) is 9.34. The number of piperazine rings is 1. The summed E-state index contributed by atoms with van der Waals surface area (Å²) >= 11 is 1.10. The predicted octanol–water partition coefficient (Wildman–Crippen LogP) is 5.27. The number of thiophene rings is 1. The summed E-state index contributed by atoms with van der Waals surface area (Å²) in [5, 5.41) is 0.602. The fourth-order valence-electron chi connectivity index (χ4n) is 4.99. The van der Waals surface area contributed by atoms with Crippen molar-refractivity contribution in [3.8, 4) is 10.8 Å². The van der Waals surface area contributed by atoms with Crippen molar-refractivity contribution in [2.24, 2.45) is 5.73 Å². The number of fused-ring (bicyclic) bond motifs is 1. The molecule has 1 aliphatic rings. The Morgan fingerprint density at radius 1 is 1.10 bits per heavy atom. The Kier molecular flexibility index (Phi) is 7.85. The maximum Gasteiger partial charge on any atom is 0.416 e. The van der Waals surface area contributed by atoms with Gasteiger partial charge in [0.2, 0.25) is 0 Å². The summed E-state index contributed by atoms with van der Waals surface area (Å²) in [6.07, 6.45) is -2.17. The largest absolute Gasteiger partial charge is 0.484 e. The monoisotopic (exact) mass is 572 g/mol. The molecule has 3 aromatic heterocycles. The Morgan fingerprint density at radius 2 is 1.82 bits per heavy atom. The highest BCUT2D eigenvalue weighted by molar-refractivity contribution is 7.16. The highest BCUT2D eigenvalue weighted by Gasteiger charge is 2.35. The van der Waals surface area contributed by atoms with Crippen molar-refractivity contribution in [2.45, 2.75) is 45.6 Å². The number of hydrogen-bond donors (Lipinski definition) is 1. The molecule has 1 atom stereocenters. The van der Waals surface area contributed by atoms with Gasteiger partial charge in [-0.15, -0.1) is 11.3 Å². The second-order valence-corrected chi connectivity index (χ2v) is 11.2. The lowest BCUT2D eigenvalue weighted by Crippen LogP contribution is -2.48. The van der Waals surface area contributed by atoms with Gasteiger partial charge in [-0.2, -0.15) is 13.2 Å². The minimum atomic E-state index is -4.54. The summed E-state index contributed by atoms with van der Waals surface area (Å²) in [4.78, 5) is 26.3. The molecular weight excluding hydrogens is 541 g/mol. The number of rotatable bonds is 8. The molecule has 0 radical (unpaired) electrons. The number of halogens is 3. The molecule has 4 aromatic rings. The van der Waals surface area contributed by atoms with Gasteiger partial charge < -0.3 is 10.5 Å². The average Bonchev–Trinajstić information content (AvgIpc) is 3.52. The summed E-state index contributed by atoms with van der Waals surface area (Å²) in [5.74, 6) is -0.606. The number of aromatic nitrogens is 3. The molecule has 1 saturated heterocycles. The average molecular weight is 573 g/mol. The molecule has 1 aliphatic heterocycles. The number of nitrogens with two attached hydrogens (primary N) is 1. The van der Waals surface area contributed by atoms with Crippen LogP contribution in [-0.4, -0.2) is 62.5 Å². The SMILES string of the molecule is CC(C)N1CCN(Cc2cc3c(cn2)ncn3-c2cc(O[C@H](C)c3ccccc3C(F)(F)F)c(C(N)=O)s2)CC1. The van der Waals surface area contributed by atoms with E-state index in [9.17, 15) is 18.0 Å². The number of carbonyl (C=O) groups is 1. The molecule has 212 valence electrons. The Morgan fingerprint density at radius 3 is 2.50 bits per heavy atom. The maximum absolute atomic E-state index is 13.6. The predicted molar refractivity (Wildman–Crippen MR) is 148 cm³/mol. The van der Waals surface area contributed by atoms with Crippen LogP contribution in [0.2, 0.25) is 0 Å². The molecule has 1 fully saturated rings. The number of primary amides is 1. The maximum atomic E-state index is 13.6. The van der Waals surface area contributed by atoms with Crippen LogP contribution in [0, 0.1) is 0 Å². The van der Waals surface area contributed by atoms with E-state index in [1.165, 1.54) is 25.1 Å². The van der Waals surface area contributed by atoms with E-state index < -0.39 is 23.8 Å². The first-order valence-corrected chi connectivity index (χ1v) is 13.9. The number of hydrogen-bond acceptors (Lipinski definition) is 7. The third kappa shape index (κ3) is 5.84. The number of nitrogens with zero attached hydrogens (tertiary/aromatic N) is 5. The number of benzene rings is 1. The molecule has 0 saturated carbocycles. The Hall–Kier alpha value is -3.48. The van der Waals surface area contributed by atoms with Gasteiger partial charge in [0, 0.05) is 50.4 Å². The Labute approximate surface area is 234 Å². The third-order valence-corrected chi connectivity index (χ3v) is 8.30. The molecule has 4 heterocycles. The van der Waals surface area contributed by atoms with Gasteiger partial charge in [-0.05, 0) is 32.9 Å². The van der Waals surface area contributed by atoms with Crippen LogP contribution in [0.4, 0.5) is 13.2 Å². The highest BCUT2D eigenvalue weighted by atomic mass is 32.1. The summed E-state index contributed by atoms with van der Waals surface area (Å²) in [7, 11) is 0. The lowest BCUT2D eigenvalue weighted by atomic mass is 10.0. The minimum absolute atomic E-state index is 0.0313. The lowest BCUT2D eigenvalue weighted by Gasteiger charge is -2.36. The number of imidazole rings is 1. The quantitative estimate of drug-likeness (QED) is 0.310. The van der Waals surface area contributed by atoms with Gasteiger partial charge in [-0.1, -0.05) is 18.2 Å². The van der Waals surface area contributed by atoms with Gasteiger partial charge in [-0.3, -0.25) is 24.1 Å². The lowest BCUT2D eigenvalue weighted by molar-refractivity contribution is -0.139. The van der Waals surface area contributed by atoms with Crippen LogP contribution in [0.3, 0.4) is 0 Å². The van der Waals surface area contributed by atoms with E-state index in [1.54, 1.807) is 18.6 Å². The molecule has 0 bridgehead atoms. The normalized spacial score (nSPS) is 16.1. The summed E-state index contributed by atoms with van der Waals surface area (Å²) < 4.78 is 48.5. The summed E-state index contributed by atoms with van der Waals surface area (Å²) in [6.45, 7) is 10.6. The highest BCUT2D eigenvalue weighted by Crippen LogP contribution is 2.39. The van der Waals surface area contributed by atoms with Gasteiger partial charge in [0.25, 0.3) is 5.91 Å². The molecule has 0 unspecified atom stereocenters. The van der Waals surface area contributed by atoms with Crippen LogP contribution < -0.4 is 10.5 Å². The van der Waals surface area contributed by atoms with Crippen molar-refractivity contribution >= 4 is 28.3 Å². The van der Waals surface area contributed by atoms with E-state index in [-0.39, 0.29) is 16.2 Å². The third-order valence-electron chi connectivity index (χ3n) is 7.17. The number of ether oxygens (including phenoxy) is 1. The van der Waals surface area contributed by atoms with E-state index in [0.29, 0.717) is 23.1 Å². The van der Waals surface area contributed by atoms with E-state index in [2.05, 4.69) is 33.6 Å². The zero-order valence-electron chi connectivity index (χ0n) is 22.5. The summed E-state index contributed by atoms with van der Waals surface area (Å²) in [5.41, 5.74) is 7.18. The number of alkyl halides is 3. The smallest absolute Gasteiger partial charge is 0.416 e. The van der Waals surface area contributed by atoms with E-state index in [1.807, 2.05) is 10.6 Å². The van der Waals surface area contributed by atoms with Gasteiger partial charge >= 0.3 is 6.18 Å². The van der Waals surface area contributed by atoms with Crippen LogP contribution >= 0.6 is 11.3 Å². The van der Waals surface area contributed by atoms with E-state index in [0.717, 1.165) is 54.8 Å². The second kappa shape index (κ2) is 11.2. The number of carbonyl (C=O) groups excluding carboxylic acids is 1. The molecule has 2 N–H and O–H groups in total. The van der Waals surface area contributed by atoms with Gasteiger partial charge in [0.1, 0.15) is 33.6 Å². The van der Waals surface area contributed by atoms with Gasteiger partial charge in [-0.25, -0.2) is 4.98 Å². The van der Waals surface area contributed by atoms with Crippen molar-refractivity contribution in [1.82, 2.24) is 24.3 Å². The fraction of sp³-hybridized carbons (Fsp3) is 0.393.